The van der Waals surface area contributed by atoms with Crippen molar-refractivity contribution in [3.05, 3.63) is 29.8 Å². The Labute approximate surface area is 136 Å². The van der Waals surface area contributed by atoms with Crippen molar-refractivity contribution in [2.75, 3.05) is 33.0 Å². The summed E-state index contributed by atoms with van der Waals surface area (Å²) in [6.45, 7) is 2.74. The Hall–Kier alpha value is -1.35. The molecule has 0 aliphatic heterocycles. The summed E-state index contributed by atoms with van der Waals surface area (Å²) in [4.78, 5) is 11.9. The van der Waals surface area contributed by atoms with Gasteiger partial charge in [-0.25, -0.2) is 0 Å². The van der Waals surface area contributed by atoms with E-state index in [-0.39, 0.29) is 5.91 Å². The van der Waals surface area contributed by atoms with Gasteiger partial charge < -0.3 is 9.80 Å². The first-order valence-electron chi connectivity index (χ1n) is 8.60. The number of hydrogen-bond donors (Lipinski definition) is 1. The molecule has 0 spiro atoms. The molecule has 0 aliphatic rings. The summed E-state index contributed by atoms with van der Waals surface area (Å²) in [7, 11) is 6.05. The molecule has 0 aromatic heterocycles. The normalized spacial score (nSPS) is 11.5. The third-order valence-corrected chi connectivity index (χ3v) is 3.67. The molecular weight excluding hydrogens is 272 g/mol. The number of nitrogens with zero attached hydrogens (tertiary/aromatic N) is 1. The molecule has 1 rings (SSSR count). The fourth-order valence-electron chi connectivity index (χ4n) is 2.50. The van der Waals surface area contributed by atoms with Crippen LogP contribution in [-0.4, -0.2) is 38.1 Å². The third kappa shape index (κ3) is 8.83. The van der Waals surface area contributed by atoms with Crippen molar-refractivity contribution >= 4 is 11.6 Å². The van der Waals surface area contributed by atoms with Crippen LogP contribution in [-0.2, 0) is 11.2 Å². The Morgan fingerprint density at radius 3 is 2.14 bits per heavy atom. The molecule has 0 saturated carbocycles. The lowest BCUT2D eigenvalue weighted by atomic mass is 10.0. The molecule has 1 aromatic carbocycles. The van der Waals surface area contributed by atoms with E-state index in [0.29, 0.717) is 11.0 Å². The molecule has 0 bridgehead atoms. The molecule has 0 radical (unpaired) electrons. The van der Waals surface area contributed by atoms with E-state index < -0.39 is 0 Å². The van der Waals surface area contributed by atoms with Gasteiger partial charge in [0.05, 0.1) is 21.1 Å². The van der Waals surface area contributed by atoms with Crippen molar-refractivity contribution in [1.82, 2.24) is 0 Å². The Morgan fingerprint density at radius 2 is 1.55 bits per heavy atom. The Bertz CT molecular complexity index is 432. The van der Waals surface area contributed by atoms with Gasteiger partial charge in [0.15, 0.2) is 6.54 Å². The first kappa shape index (κ1) is 18.7. The smallest absolute Gasteiger partial charge is 0.279 e. The molecule has 124 valence electrons. The van der Waals surface area contributed by atoms with Gasteiger partial charge in [-0.15, -0.1) is 0 Å². The van der Waals surface area contributed by atoms with E-state index in [2.05, 4.69) is 24.4 Å². The van der Waals surface area contributed by atoms with Gasteiger partial charge in [-0.2, -0.15) is 0 Å². The fraction of sp³-hybridized carbons (Fsp3) is 0.632. The van der Waals surface area contributed by atoms with E-state index in [1.54, 1.807) is 0 Å². The largest absolute Gasteiger partial charge is 0.323 e. The van der Waals surface area contributed by atoms with Gasteiger partial charge >= 0.3 is 0 Å². The van der Waals surface area contributed by atoms with Gasteiger partial charge in [0.1, 0.15) is 0 Å². The number of rotatable bonds is 10. The van der Waals surface area contributed by atoms with Gasteiger partial charge in [0.2, 0.25) is 0 Å². The van der Waals surface area contributed by atoms with Crippen LogP contribution in [0.2, 0.25) is 0 Å². The van der Waals surface area contributed by atoms with Gasteiger partial charge in [0, 0.05) is 5.69 Å². The average Bonchev–Trinajstić information content (AvgIpc) is 2.42. The van der Waals surface area contributed by atoms with Crippen molar-refractivity contribution in [2.45, 2.75) is 51.9 Å². The molecule has 0 saturated heterocycles. The van der Waals surface area contributed by atoms with Crippen LogP contribution in [0.3, 0.4) is 0 Å². The van der Waals surface area contributed by atoms with Crippen LogP contribution < -0.4 is 5.32 Å². The van der Waals surface area contributed by atoms with E-state index in [9.17, 15) is 4.79 Å². The topological polar surface area (TPSA) is 29.1 Å². The second-order valence-electron chi connectivity index (χ2n) is 7.21. The van der Waals surface area contributed by atoms with Crippen molar-refractivity contribution in [1.29, 1.82) is 0 Å². The number of carbonyl (C=O) groups excluding carboxylic acids is 1. The number of nitrogens with one attached hydrogen (secondary N) is 1. The second-order valence-corrected chi connectivity index (χ2v) is 7.21. The summed E-state index contributed by atoms with van der Waals surface area (Å²) >= 11 is 0. The highest BCUT2D eigenvalue weighted by Gasteiger charge is 2.14. The molecule has 3 nitrogen and oxygen atoms in total. The third-order valence-electron chi connectivity index (χ3n) is 3.67. The minimum Gasteiger partial charge on any atom is -0.323 e. The Balaban J connectivity index is 2.29. The highest BCUT2D eigenvalue weighted by atomic mass is 16.2. The second kappa shape index (κ2) is 9.62. The highest BCUT2D eigenvalue weighted by molar-refractivity contribution is 5.91. The van der Waals surface area contributed by atoms with Gasteiger partial charge in [-0.3, -0.25) is 4.79 Å². The van der Waals surface area contributed by atoms with Crippen molar-refractivity contribution in [2.24, 2.45) is 0 Å². The van der Waals surface area contributed by atoms with Crippen molar-refractivity contribution in [3.63, 3.8) is 0 Å². The van der Waals surface area contributed by atoms with Crippen LogP contribution in [0.25, 0.3) is 0 Å². The van der Waals surface area contributed by atoms with Crippen molar-refractivity contribution < 1.29 is 9.28 Å². The summed E-state index contributed by atoms with van der Waals surface area (Å²) in [5, 5.41) is 2.96. The zero-order chi connectivity index (χ0) is 16.4. The predicted octanol–water partition coefficient (Wildman–Crippen LogP) is 4.23. The number of aryl methyl sites for hydroxylation is 1. The molecule has 0 unspecified atom stereocenters. The van der Waals surface area contributed by atoms with E-state index in [0.717, 1.165) is 12.1 Å². The zero-order valence-corrected chi connectivity index (χ0v) is 14.8. The van der Waals surface area contributed by atoms with E-state index in [1.807, 2.05) is 33.3 Å². The maximum absolute atomic E-state index is 11.9. The van der Waals surface area contributed by atoms with Crippen LogP contribution in [0.1, 0.15) is 51.0 Å². The lowest BCUT2D eigenvalue weighted by Crippen LogP contribution is -2.41. The summed E-state index contributed by atoms with van der Waals surface area (Å²) in [6.07, 6.45) is 9.11. The molecule has 0 heterocycles. The maximum Gasteiger partial charge on any atom is 0.279 e. The van der Waals surface area contributed by atoms with Gasteiger partial charge in [-0.05, 0) is 30.5 Å². The van der Waals surface area contributed by atoms with E-state index in [1.165, 1.54) is 44.1 Å². The predicted molar refractivity (Wildman–Crippen MR) is 95.1 cm³/mol. The number of carbonyl (C=O) groups is 1. The van der Waals surface area contributed by atoms with Gasteiger partial charge in [-0.1, -0.05) is 51.2 Å². The van der Waals surface area contributed by atoms with Crippen LogP contribution >= 0.6 is 0 Å². The molecule has 0 aliphatic carbocycles. The number of unbranched alkanes of at least 4 members (excludes halogenated alkanes) is 5. The molecule has 1 amide bonds. The van der Waals surface area contributed by atoms with E-state index >= 15 is 0 Å². The molecule has 3 heteroatoms. The quantitative estimate of drug-likeness (QED) is 0.508. The minimum absolute atomic E-state index is 0.0659. The fourth-order valence-corrected chi connectivity index (χ4v) is 2.50. The first-order chi connectivity index (χ1) is 10.4. The van der Waals surface area contributed by atoms with E-state index in [4.69, 9.17) is 0 Å². The highest BCUT2D eigenvalue weighted by Crippen LogP contribution is 2.13. The maximum atomic E-state index is 11.9. The average molecular weight is 305 g/mol. The van der Waals surface area contributed by atoms with Crippen LogP contribution in [0.5, 0.6) is 0 Å². The zero-order valence-electron chi connectivity index (χ0n) is 14.8. The minimum atomic E-state index is 0.0659. The number of anilines is 1. The SMILES string of the molecule is CCCCCCCCc1ccc(NC(=O)C[N+](C)(C)C)cc1. The lowest BCUT2D eigenvalue weighted by molar-refractivity contribution is -0.861. The van der Waals surface area contributed by atoms with Crippen molar-refractivity contribution in [3.8, 4) is 0 Å². The molecular formula is C19H33N2O+. The summed E-state index contributed by atoms with van der Waals surface area (Å²) in [5.41, 5.74) is 2.25. The number of benzene rings is 1. The molecule has 1 N–H and O–H groups in total. The summed E-state index contributed by atoms with van der Waals surface area (Å²) < 4.78 is 0.641. The molecule has 1 aromatic rings. The number of likely N-dealkylation sites (N-methyl/N-ethyl adjacent to an activating group) is 1. The number of hydrogen-bond acceptors (Lipinski definition) is 1. The van der Waals surface area contributed by atoms with Crippen LogP contribution in [0, 0.1) is 0 Å². The molecule has 0 fully saturated rings. The van der Waals surface area contributed by atoms with Crippen LogP contribution in [0.4, 0.5) is 5.69 Å². The molecule has 0 atom stereocenters. The standard InChI is InChI=1S/C19H32N2O/c1-5-6-7-8-9-10-11-17-12-14-18(15-13-17)20-19(22)16-21(2,3)4/h12-15H,5-11,16H2,1-4H3/p+1. The monoisotopic (exact) mass is 305 g/mol. The summed E-state index contributed by atoms with van der Waals surface area (Å²) in [5.74, 6) is 0.0659. The Morgan fingerprint density at radius 1 is 0.955 bits per heavy atom. The van der Waals surface area contributed by atoms with Crippen LogP contribution in [0.15, 0.2) is 24.3 Å². The number of quaternary nitrogens is 1. The number of amides is 1. The first-order valence-corrected chi connectivity index (χ1v) is 8.60. The van der Waals surface area contributed by atoms with Gasteiger partial charge in [0.25, 0.3) is 5.91 Å². The summed E-state index contributed by atoms with van der Waals surface area (Å²) in [6, 6.07) is 8.29. The Kier molecular flexibility index (Phi) is 8.18. The molecule has 22 heavy (non-hydrogen) atoms. The lowest BCUT2D eigenvalue weighted by Gasteiger charge is -2.22.